The molecule has 1 N–H and O–H groups in total. The van der Waals surface area contributed by atoms with Gasteiger partial charge in [-0.05, 0) is 40.6 Å². The third-order valence-electron chi connectivity index (χ3n) is 4.18. The van der Waals surface area contributed by atoms with Gasteiger partial charge in [-0.1, -0.05) is 26.0 Å². The number of benzene rings is 1. The Kier molecular flexibility index (Phi) is 2.90. The van der Waals surface area contributed by atoms with Crippen LogP contribution in [0.4, 0.5) is 0 Å². The zero-order valence-electron chi connectivity index (χ0n) is 11.5. The molecule has 1 aromatic carbocycles. The second-order valence-corrected chi connectivity index (χ2v) is 5.97. The average Bonchev–Trinajstić information content (AvgIpc) is 2.62. The highest BCUT2D eigenvalue weighted by Crippen LogP contribution is 2.21. The predicted molar refractivity (Wildman–Crippen MR) is 76.6 cm³/mol. The summed E-state index contributed by atoms with van der Waals surface area (Å²) in [4.78, 5) is 2.42. The van der Waals surface area contributed by atoms with Gasteiger partial charge in [0.15, 0.2) is 0 Å². The molecular formula is C16H22N2. The minimum absolute atomic E-state index is 0.596. The smallest absolute Gasteiger partial charge is 0.0220 e. The molecule has 18 heavy (non-hydrogen) atoms. The maximum absolute atomic E-state index is 3.49. The van der Waals surface area contributed by atoms with E-state index in [9.17, 15) is 0 Å². The van der Waals surface area contributed by atoms with E-state index in [-0.39, 0.29) is 0 Å². The van der Waals surface area contributed by atoms with Crippen molar-refractivity contribution in [2.75, 3.05) is 26.7 Å². The molecule has 2 heteroatoms. The van der Waals surface area contributed by atoms with Gasteiger partial charge in [0.2, 0.25) is 0 Å². The van der Waals surface area contributed by atoms with E-state index in [4.69, 9.17) is 0 Å². The zero-order chi connectivity index (χ0) is 12.7. The molecule has 2 aliphatic heterocycles. The van der Waals surface area contributed by atoms with Gasteiger partial charge in [0.25, 0.3) is 0 Å². The van der Waals surface area contributed by atoms with Crippen molar-refractivity contribution in [3.63, 3.8) is 0 Å². The maximum atomic E-state index is 3.49. The summed E-state index contributed by atoms with van der Waals surface area (Å²) in [6.45, 7) is 7.89. The van der Waals surface area contributed by atoms with Crippen LogP contribution in [0.15, 0.2) is 18.2 Å². The maximum Gasteiger partial charge on any atom is 0.0220 e. The molecule has 0 aromatic heterocycles. The highest BCUT2D eigenvalue weighted by Gasteiger charge is 2.26. The second kappa shape index (κ2) is 4.43. The molecule has 2 nitrogen and oxygen atoms in total. The Bertz CT molecular complexity index is 571. The molecule has 0 saturated carbocycles. The standard InChI is InChI=1S/C16H22N2/c1-11(2)12-4-5-15-13(6-12)7-17-8-14-9-18(3)10-16(14)15/h4-7,11,14,17H,8-10H2,1-3H3. The van der Waals surface area contributed by atoms with Gasteiger partial charge in [-0.3, -0.25) is 0 Å². The molecule has 2 heterocycles. The molecule has 2 aliphatic rings. The third kappa shape index (κ3) is 1.95. The minimum atomic E-state index is 0.596. The summed E-state index contributed by atoms with van der Waals surface area (Å²) < 4.78 is 0. The summed E-state index contributed by atoms with van der Waals surface area (Å²) in [5.41, 5.74) is 3.04. The van der Waals surface area contributed by atoms with Crippen LogP contribution in [0.3, 0.4) is 0 Å². The van der Waals surface area contributed by atoms with Crippen LogP contribution in [0, 0.1) is 5.92 Å². The first-order valence-electron chi connectivity index (χ1n) is 6.90. The van der Waals surface area contributed by atoms with Crippen LogP contribution in [0.1, 0.15) is 25.3 Å². The van der Waals surface area contributed by atoms with E-state index in [0.29, 0.717) is 11.8 Å². The Hall–Kier alpha value is -1.28. The average molecular weight is 242 g/mol. The summed E-state index contributed by atoms with van der Waals surface area (Å²) in [6.07, 6.45) is 2.20. The normalized spacial score (nSPS) is 23.1. The summed E-state index contributed by atoms with van der Waals surface area (Å²) >= 11 is 0. The molecule has 1 fully saturated rings. The fourth-order valence-corrected chi connectivity index (χ4v) is 3.13. The van der Waals surface area contributed by atoms with E-state index in [2.05, 4.69) is 55.5 Å². The first kappa shape index (κ1) is 11.8. The molecule has 0 aliphatic carbocycles. The molecule has 1 aromatic rings. The first-order valence-corrected chi connectivity index (χ1v) is 6.90. The number of hydrogen-bond donors (Lipinski definition) is 1. The van der Waals surface area contributed by atoms with Crippen LogP contribution in [0.5, 0.6) is 0 Å². The van der Waals surface area contributed by atoms with Crippen LogP contribution >= 0.6 is 0 Å². The van der Waals surface area contributed by atoms with Gasteiger partial charge in [-0.25, -0.2) is 0 Å². The van der Waals surface area contributed by atoms with Gasteiger partial charge < -0.3 is 10.2 Å². The van der Waals surface area contributed by atoms with Crippen LogP contribution in [0.2, 0.25) is 0 Å². The Morgan fingerprint density at radius 3 is 2.94 bits per heavy atom. The van der Waals surface area contributed by atoms with E-state index in [1.165, 1.54) is 22.5 Å². The second-order valence-electron chi connectivity index (χ2n) is 5.97. The van der Waals surface area contributed by atoms with Crippen LogP contribution in [-0.2, 0) is 0 Å². The van der Waals surface area contributed by atoms with E-state index in [0.717, 1.165) is 13.1 Å². The van der Waals surface area contributed by atoms with Crippen LogP contribution in [-0.4, -0.2) is 31.6 Å². The van der Waals surface area contributed by atoms with Crippen molar-refractivity contribution in [3.05, 3.63) is 34.2 Å². The molecule has 0 spiro atoms. The van der Waals surface area contributed by atoms with Crippen molar-refractivity contribution in [3.8, 4) is 0 Å². The quantitative estimate of drug-likeness (QED) is 0.786. The summed E-state index contributed by atoms with van der Waals surface area (Å²) in [6, 6.07) is 6.97. The number of rotatable bonds is 1. The largest absolute Gasteiger partial charge is 0.390 e. The lowest BCUT2D eigenvalue weighted by Crippen LogP contribution is -2.29. The van der Waals surface area contributed by atoms with Gasteiger partial charge in [-0.2, -0.15) is 0 Å². The Balaban J connectivity index is 2.21. The van der Waals surface area contributed by atoms with Crippen molar-refractivity contribution in [1.29, 1.82) is 0 Å². The van der Waals surface area contributed by atoms with Gasteiger partial charge in [0.1, 0.15) is 0 Å². The van der Waals surface area contributed by atoms with Gasteiger partial charge in [0, 0.05) is 31.8 Å². The minimum Gasteiger partial charge on any atom is -0.390 e. The van der Waals surface area contributed by atoms with E-state index >= 15 is 0 Å². The summed E-state index contributed by atoms with van der Waals surface area (Å²) in [7, 11) is 2.22. The molecule has 0 radical (unpaired) electrons. The third-order valence-corrected chi connectivity index (χ3v) is 4.18. The lowest BCUT2D eigenvalue weighted by molar-refractivity contribution is 0.394. The van der Waals surface area contributed by atoms with Gasteiger partial charge in [-0.15, -0.1) is 0 Å². The Labute approximate surface area is 109 Å². The highest BCUT2D eigenvalue weighted by atomic mass is 15.1. The van der Waals surface area contributed by atoms with Crippen molar-refractivity contribution in [1.82, 2.24) is 10.2 Å². The van der Waals surface area contributed by atoms with Gasteiger partial charge in [0.05, 0.1) is 0 Å². The predicted octanol–water partition coefficient (Wildman–Crippen LogP) is 0.864. The lowest BCUT2D eigenvalue weighted by Gasteiger charge is -2.09. The first-order chi connectivity index (χ1) is 8.65. The van der Waals surface area contributed by atoms with E-state index < -0.39 is 0 Å². The van der Waals surface area contributed by atoms with Crippen LogP contribution in [0.25, 0.3) is 11.8 Å². The highest BCUT2D eigenvalue weighted by molar-refractivity contribution is 5.55. The molecule has 1 unspecified atom stereocenters. The monoisotopic (exact) mass is 242 g/mol. The molecule has 1 saturated heterocycles. The fourth-order valence-electron chi connectivity index (χ4n) is 3.13. The van der Waals surface area contributed by atoms with Crippen molar-refractivity contribution in [2.24, 2.45) is 5.92 Å². The molecule has 1 atom stereocenters. The van der Waals surface area contributed by atoms with E-state index in [1.54, 1.807) is 5.57 Å². The number of likely N-dealkylation sites (tertiary alicyclic amines) is 1. The molecule has 0 amide bonds. The number of fused-ring (bicyclic) bond motifs is 2. The Morgan fingerprint density at radius 2 is 2.17 bits per heavy atom. The van der Waals surface area contributed by atoms with Crippen molar-refractivity contribution < 1.29 is 0 Å². The topological polar surface area (TPSA) is 15.3 Å². The SMILES string of the molecule is CC(C)c1ccc2c(c1)=CNCC1CN(C)CC=21. The number of nitrogens with one attached hydrogen (secondary N) is 1. The lowest BCUT2D eigenvalue weighted by atomic mass is 9.97. The Morgan fingerprint density at radius 1 is 1.33 bits per heavy atom. The number of nitrogens with zero attached hydrogens (tertiary/aromatic N) is 1. The van der Waals surface area contributed by atoms with Crippen molar-refractivity contribution in [2.45, 2.75) is 19.8 Å². The summed E-state index contributed by atoms with van der Waals surface area (Å²) in [5, 5.41) is 6.32. The zero-order valence-corrected chi connectivity index (χ0v) is 11.5. The van der Waals surface area contributed by atoms with Crippen LogP contribution < -0.4 is 15.8 Å². The van der Waals surface area contributed by atoms with Gasteiger partial charge >= 0.3 is 0 Å². The van der Waals surface area contributed by atoms with Crippen molar-refractivity contribution >= 4 is 11.8 Å². The fraction of sp³-hybridized carbons (Fsp3) is 0.500. The molecule has 0 bridgehead atoms. The molecule has 3 rings (SSSR count). The van der Waals surface area contributed by atoms with E-state index in [1.807, 2.05) is 0 Å². The summed E-state index contributed by atoms with van der Waals surface area (Å²) in [5.74, 6) is 1.27. The molecule has 96 valence electrons. The molecular weight excluding hydrogens is 220 g/mol. The number of hydrogen-bond acceptors (Lipinski definition) is 2.